The quantitative estimate of drug-likeness (QED) is 0.836. The van der Waals surface area contributed by atoms with E-state index in [9.17, 15) is 5.11 Å². The summed E-state index contributed by atoms with van der Waals surface area (Å²) in [5.74, 6) is 0.752. The highest BCUT2D eigenvalue weighted by Gasteiger charge is 2.13. The zero-order chi connectivity index (χ0) is 16.8. The summed E-state index contributed by atoms with van der Waals surface area (Å²) in [7, 11) is 0. The summed E-state index contributed by atoms with van der Waals surface area (Å²) in [6.07, 6.45) is 3.16. The number of hydrogen-bond donors (Lipinski definition) is 2. The van der Waals surface area contributed by atoms with Crippen molar-refractivity contribution >= 4 is 5.95 Å². The normalized spacial score (nSPS) is 16.2. The third-order valence-corrected chi connectivity index (χ3v) is 4.20. The Labute approximate surface area is 142 Å². The summed E-state index contributed by atoms with van der Waals surface area (Å²) in [6.45, 7) is 6.26. The standard InChI is InChI=1S/C18H24N4O2/c1-14-4-2-3-5-16(14)17(23)13-19-10-15-11-20-18(21-12-15)22-6-8-24-9-7-22/h2-5,11-12,17,19,23H,6-10,13H2,1H3. The predicted octanol–water partition coefficient (Wildman–Crippen LogP) is 1.44. The van der Waals surface area contributed by atoms with Crippen LogP contribution in [0.15, 0.2) is 36.7 Å². The van der Waals surface area contributed by atoms with Crippen LogP contribution in [0.5, 0.6) is 0 Å². The van der Waals surface area contributed by atoms with Crippen molar-refractivity contribution < 1.29 is 9.84 Å². The van der Waals surface area contributed by atoms with Crippen LogP contribution in [0.25, 0.3) is 0 Å². The molecule has 0 bridgehead atoms. The van der Waals surface area contributed by atoms with E-state index >= 15 is 0 Å². The van der Waals surface area contributed by atoms with Crippen molar-refractivity contribution in [2.24, 2.45) is 0 Å². The van der Waals surface area contributed by atoms with E-state index in [1.54, 1.807) is 0 Å². The van der Waals surface area contributed by atoms with E-state index in [2.05, 4.69) is 20.2 Å². The van der Waals surface area contributed by atoms with Crippen LogP contribution in [0.1, 0.15) is 22.8 Å². The Morgan fingerprint density at radius 3 is 2.62 bits per heavy atom. The van der Waals surface area contributed by atoms with Crippen molar-refractivity contribution in [3.63, 3.8) is 0 Å². The molecule has 2 aromatic rings. The van der Waals surface area contributed by atoms with Crippen molar-refractivity contribution in [2.75, 3.05) is 37.7 Å². The number of morpholine rings is 1. The van der Waals surface area contributed by atoms with Gasteiger partial charge in [0.2, 0.25) is 5.95 Å². The third kappa shape index (κ3) is 4.29. The highest BCUT2D eigenvalue weighted by atomic mass is 16.5. The molecule has 1 unspecified atom stereocenters. The van der Waals surface area contributed by atoms with Crippen LogP contribution in [-0.4, -0.2) is 47.9 Å². The van der Waals surface area contributed by atoms with Crippen molar-refractivity contribution in [1.82, 2.24) is 15.3 Å². The number of ether oxygens (including phenoxy) is 1. The van der Waals surface area contributed by atoms with E-state index in [1.807, 2.05) is 43.6 Å². The van der Waals surface area contributed by atoms with E-state index in [-0.39, 0.29) is 0 Å². The zero-order valence-corrected chi connectivity index (χ0v) is 14.0. The van der Waals surface area contributed by atoms with E-state index in [0.29, 0.717) is 13.1 Å². The average Bonchev–Trinajstić information content (AvgIpc) is 2.63. The fourth-order valence-electron chi connectivity index (χ4n) is 2.79. The first-order chi connectivity index (χ1) is 11.7. The number of hydrogen-bond acceptors (Lipinski definition) is 6. The summed E-state index contributed by atoms with van der Waals surface area (Å²) in [6, 6.07) is 7.90. The van der Waals surface area contributed by atoms with Crippen molar-refractivity contribution in [2.45, 2.75) is 19.6 Å². The molecule has 6 nitrogen and oxygen atoms in total. The van der Waals surface area contributed by atoms with Crippen LogP contribution in [0.2, 0.25) is 0 Å². The molecule has 1 aromatic heterocycles. The van der Waals surface area contributed by atoms with Gasteiger partial charge in [-0.05, 0) is 18.1 Å². The number of aromatic nitrogens is 2. The molecular weight excluding hydrogens is 304 g/mol. The highest BCUT2D eigenvalue weighted by molar-refractivity contribution is 5.30. The number of aliphatic hydroxyl groups excluding tert-OH is 1. The second-order valence-corrected chi connectivity index (χ2v) is 5.99. The molecule has 2 heterocycles. The van der Waals surface area contributed by atoms with Gasteiger partial charge < -0.3 is 20.1 Å². The Balaban J connectivity index is 1.49. The van der Waals surface area contributed by atoms with Gasteiger partial charge in [0, 0.05) is 44.1 Å². The largest absolute Gasteiger partial charge is 0.387 e. The summed E-state index contributed by atoms with van der Waals surface area (Å²) in [4.78, 5) is 11.0. The minimum absolute atomic E-state index is 0.496. The van der Waals surface area contributed by atoms with Crippen molar-refractivity contribution in [1.29, 1.82) is 0 Å². The molecule has 1 fully saturated rings. The molecule has 1 aliphatic rings. The number of nitrogens with one attached hydrogen (secondary N) is 1. The van der Waals surface area contributed by atoms with Gasteiger partial charge in [-0.25, -0.2) is 9.97 Å². The number of benzene rings is 1. The molecule has 0 radical (unpaired) electrons. The second-order valence-electron chi connectivity index (χ2n) is 5.99. The summed E-state index contributed by atoms with van der Waals surface area (Å²) >= 11 is 0. The minimum Gasteiger partial charge on any atom is -0.387 e. The minimum atomic E-state index is -0.514. The smallest absolute Gasteiger partial charge is 0.225 e. The lowest BCUT2D eigenvalue weighted by Gasteiger charge is -2.26. The lowest BCUT2D eigenvalue weighted by Crippen LogP contribution is -2.37. The maximum absolute atomic E-state index is 10.3. The molecule has 6 heteroatoms. The lowest BCUT2D eigenvalue weighted by atomic mass is 10.0. The van der Waals surface area contributed by atoms with Crippen LogP contribution in [0.3, 0.4) is 0 Å². The Hall–Kier alpha value is -2.02. The fourth-order valence-corrected chi connectivity index (χ4v) is 2.79. The zero-order valence-electron chi connectivity index (χ0n) is 14.0. The van der Waals surface area contributed by atoms with Gasteiger partial charge in [-0.2, -0.15) is 0 Å². The Kier molecular flexibility index (Phi) is 5.74. The summed E-state index contributed by atoms with van der Waals surface area (Å²) in [5, 5.41) is 13.5. The Morgan fingerprint density at radius 1 is 1.21 bits per heavy atom. The average molecular weight is 328 g/mol. The lowest BCUT2D eigenvalue weighted by molar-refractivity contribution is 0.122. The topological polar surface area (TPSA) is 70.5 Å². The van der Waals surface area contributed by atoms with Crippen LogP contribution in [0, 0.1) is 6.92 Å². The predicted molar refractivity (Wildman–Crippen MR) is 92.9 cm³/mol. The van der Waals surface area contributed by atoms with Gasteiger partial charge in [-0.1, -0.05) is 24.3 Å². The molecule has 1 saturated heterocycles. The van der Waals surface area contributed by atoms with E-state index in [4.69, 9.17) is 4.74 Å². The monoisotopic (exact) mass is 328 g/mol. The molecule has 1 aliphatic heterocycles. The van der Waals surface area contributed by atoms with E-state index in [1.165, 1.54) is 0 Å². The van der Waals surface area contributed by atoms with Crippen molar-refractivity contribution in [3.8, 4) is 0 Å². The fraction of sp³-hybridized carbons (Fsp3) is 0.444. The molecule has 0 aliphatic carbocycles. The maximum atomic E-state index is 10.3. The van der Waals surface area contributed by atoms with Crippen LogP contribution < -0.4 is 10.2 Å². The summed E-state index contributed by atoms with van der Waals surface area (Å²) in [5.41, 5.74) is 3.07. The number of rotatable bonds is 6. The first-order valence-electron chi connectivity index (χ1n) is 8.32. The van der Waals surface area contributed by atoms with Crippen LogP contribution in [-0.2, 0) is 11.3 Å². The first kappa shape index (κ1) is 16.8. The molecule has 2 N–H and O–H groups in total. The van der Waals surface area contributed by atoms with E-state index < -0.39 is 6.10 Å². The third-order valence-electron chi connectivity index (χ3n) is 4.20. The summed E-state index contributed by atoms with van der Waals surface area (Å²) < 4.78 is 5.33. The van der Waals surface area contributed by atoms with Crippen molar-refractivity contribution in [3.05, 3.63) is 53.3 Å². The molecular formula is C18H24N4O2. The van der Waals surface area contributed by atoms with Gasteiger partial charge in [0.05, 0.1) is 19.3 Å². The van der Waals surface area contributed by atoms with Gasteiger partial charge in [0.25, 0.3) is 0 Å². The molecule has 0 amide bonds. The Bertz CT molecular complexity index is 642. The molecule has 128 valence electrons. The number of aliphatic hydroxyl groups is 1. The number of nitrogens with zero attached hydrogens (tertiary/aromatic N) is 3. The van der Waals surface area contributed by atoms with Gasteiger partial charge in [-0.3, -0.25) is 0 Å². The molecule has 3 rings (SSSR count). The van der Waals surface area contributed by atoms with Gasteiger partial charge in [0.1, 0.15) is 0 Å². The molecule has 1 atom stereocenters. The molecule has 0 saturated carbocycles. The Morgan fingerprint density at radius 2 is 1.92 bits per heavy atom. The number of aryl methyl sites for hydroxylation is 1. The highest BCUT2D eigenvalue weighted by Crippen LogP contribution is 2.16. The van der Waals surface area contributed by atoms with Crippen LogP contribution >= 0.6 is 0 Å². The van der Waals surface area contributed by atoms with Gasteiger partial charge in [-0.15, -0.1) is 0 Å². The maximum Gasteiger partial charge on any atom is 0.225 e. The first-order valence-corrected chi connectivity index (χ1v) is 8.32. The second kappa shape index (κ2) is 8.19. The van der Waals surface area contributed by atoms with Crippen LogP contribution in [0.4, 0.5) is 5.95 Å². The molecule has 24 heavy (non-hydrogen) atoms. The van der Waals surface area contributed by atoms with Gasteiger partial charge in [0.15, 0.2) is 0 Å². The molecule has 0 spiro atoms. The van der Waals surface area contributed by atoms with E-state index in [0.717, 1.165) is 48.9 Å². The van der Waals surface area contributed by atoms with Gasteiger partial charge >= 0.3 is 0 Å². The SMILES string of the molecule is Cc1ccccc1C(O)CNCc1cnc(N2CCOCC2)nc1. The molecule has 1 aromatic carbocycles. The number of anilines is 1.